The molecule has 1 N–H and O–H groups in total. The number of hydrogen-bond acceptors (Lipinski definition) is 5. The normalized spacial score (nSPS) is 15.9. The average Bonchev–Trinajstić information content (AvgIpc) is 2.90. The Morgan fingerprint density at radius 1 is 0.914 bits per heavy atom. The van der Waals surface area contributed by atoms with Gasteiger partial charge in [-0.15, -0.1) is 0 Å². The molecule has 0 aliphatic carbocycles. The Morgan fingerprint density at radius 3 is 2.14 bits per heavy atom. The summed E-state index contributed by atoms with van der Waals surface area (Å²) in [7, 11) is -1.83. The fourth-order valence-corrected chi connectivity index (χ4v) is 5.59. The molecule has 1 heterocycles. The van der Waals surface area contributed by atoms with Crippen LogP contribution in [0.1, 0.15) is 34.5 Å². The molecule has 3 aromatic rings. The van der Waals surface area contributed by atoms with E-state index in [1.165, 1.54) is 0 Å². The maximum atomic E-state index is 12.8. The number of hydrogen-bond donors (Lipinski definition) is 1. The van der Waals surface area contributed by atoms with Crippen LogP contribution in [0, 0.1) is 0 Å². The third-order valence-corrected chi connectivity index (χ3v) is 8.21. The van der Waals surface area contributed by atoms with Gasteiger partial charge in [-0.3, -0.25) is 9.69 Å². The first-order valence-corrected chi connectivity index (χ1v) is 13.1. The number of rotatable bonds is 8. The number of amides is 1. The summed E-state index contributed by atoms with van der Waals surface area (Å²) in [6, 6.07) is 23.7. The number of piperazine rings is 1. The fourth-order valence-electron chi connectivity index (χ4n) is 4.15. The lowest BCUT2D eigenvalue weighted by atomic mass is 10.1. The number of carbonyl (C=O) groups is 1. The van der Waals surface area contributed by atoms with Crippen LogP contribution in [0.15, 0.2) is 83.8 Å². The maximum absolute atomic E-state index is 12.8. The van der Waals surface area contributed by atoms with Gasteiger partial charge in [-0.05, 0) is 54.4 Å². The Bertz CT molecular complexity index is 1220. The number of sulfonamides is 1. The van der Waals surface area contributed by atoms with E-state index in [0.29, 0.717) is 43.2 Å². The summed E-state index contributed by atoms with van der Waals surface area (Å²) in [4.78, 5) is 15.3. The third kappa shape index (κ3) is 6.08. The van der Waals surface area contributed by atoms with Gasteiger partial charge in [-0.1, -0.05) is 42.5 Å². The van der Waals surface area contributed by atoms with Crippen LogP contribution in [0.5, 0.6) is 5.75 Å². The van der Waals surface area contributed by atoms with Gasteiger partial charge in [-0.2, -0.15) is 4.31 Å². The van der Waals surface area contributed by atoms with Gasteiger partial charge in [0.25, 0.3) is 5.91 Å². The van der Waals surface area contributed by atoms with Crippen LogP contribution >= 0.6 is 0 Å². The highest BCUT2D eigenvalue weighted by Gasteiger charge is 2.28. The molecule has 4 rings (SSSR count). The van der Waals surface area contributed by atoms with Crippen molar-refractivity contribution in [2.75, 3.05) is 33.3 Å². The van der Waals surface area contributed by atoms with Crippen molar-refractivity contribution in [1.29, 1.82) is 0 Å². The molecule has 1 saturated heterocycles. The molecule has 0 saturated carbocycles. The molecule has 1 aliphatic rings. The van der Waals surface area contributed by atoms with E-state index in [4.69, 9.17) is 4.74 Å². The highest BCUT2D eigenvalue weighted by molar-refractivity contribution is 7.89. The van der Waals surface area contributed by atoms with Crippen molar-refractivity contribution < 1.29 is 17.9 Å². The van der Waals surface area contributed by atoms with Crippen molar-refractivity contribution in [2.24, 2.45) is 0 Å². The quantitative estimate of drug-likeness (QED) is 0.518. The molecule has 0 unspecified atom stereocenters. The number of benzene rings is 3. The summed E-state index contributed by atoms with van der Waals surface area (Å²) in [6.07, 6.45) is 0. The SMILES string of the molecule is COc1ccc([C@H](C)NC(=O)c2ccc(CN3CCN(S(=O)(=O)c4ccccc4)CC3)cc2)cc1. The molecule has 8 heteroatoms. The number of nitrogens with one attached hydrogen (secondary N) is 1. The van der Waals surface area contributed by atoms with Gasteiger partial charge in [-0.25, -0.2) is 8.42 Å². The lowest BCUT2D eigenvalue weighted by molar-refractivity contribution is 0.0940. The van der Waals surface area contributed by atoms with Crippen LogP contribution < -0.4 is 10.1 Å². The second-order valence-corrected chi connectivity index (χ2v) is 10.6. The van der Waals surface area contributed by atoms with Gasteiger partial charge in [0.15, 0.2) is 0 Å². The van der Waals surface area contributed by atoms with Crippen molar-refractivity contribution in [3.63, 3.8) is 0 Å². The van der Waals surface area contributed by atoms with Gasteiger partial charge in [0, 0.05) is 38.3 Å². The molecule has 184 valence electrons. The minimum absolute atomic E-state index is 0.125. The molecule has 0 radical (unpaired) electrons. The Morgan fingerprint density at radius 2 is 1.54 bits per heavy atom. The summed E-state index contributed by atoms with van der Waals surface area (Å²) in [5, 5.41) is 3.03. The molecule has 7 nitrogen and oxygen atoms in total. The lowest BCUT2D eigenvalue weighted by Gasteiger charge is -2.34. The topological polar surface area (TPSA) is 79.0 Å². The minimum atomic E-state index is -3.45. The Hall–Kier alpha value is -3.20. The van der Waals surface area contributed by atoms with Gasteiger partial charge in [0.1, 0.15) is 5.75 Å². The Balaban J connectivity index is 1.29. The number of carbonyl (C=O) groups excluding carboxylic acids is 1. The number of nitrogens with zero attached hydrogens (tertiary/aromatic N) is 2. The molecule has 1 atom stereocenters. The molecule has 1 amide bonds. The summed E-state index contributed by atoms with van der Waals surface area (Å²) in [5.41, 5.74) is 2.70. The second-order valence-electron chi connectivity index (χ2n) is 8.66. The zero-order chi connectivity index (χ0) is 24.8. The zero-order valence-corrected chi connectivity index (χ0v) is 20.9. The summed E-state index contributed by atoms with van der Waals surface area (Å²) in [6.45, 7) is 4.90. The first kappa shape index (κ1) is 24.9. The highest BCUT2D eigenvalue weighted by atomic mass is 32.2. The first-order valence-electron chi connectivity index (χ1n) is 11.7. The van der Waals surface area contributed by atoms with Crippen LogP contribution in [-0.4, -0.2) is 56.8 Å². The molecule has 1 aliphatic heterocycles. The standard InChI is InChI=1S/C27H31N3O4S/c1-21(23-12-14-25(34-2)15-13-23)28-27(31)24-10-8-22(9-11-24)20-29-16-18-30(19-17-29)35(32,33)26-6-4-3-5-7-26/h3-15,21H,16-20H2,1-2H3,(H,28,31)/t21-/m0/s1. The molecular formula is C27H31N3O4S. The first-order chi connectivity index (χ1) is 16.9. The molecule has 0 spiro atoms. The van der Waals surface area contributed by atoms with Gasteiger partial charge >= 0.3 is 0 Å². The van der Waals surface area contributed by atoms with Crippen molar-refractivity contribution in [3.05, 3.63) is 95.6 Å². The molecule has 1 fully saturated rings. The smallest absolute Gasteiger partial charge is 0.251 e. The van der Waals surface area contributed by atoms with Crippen LogP contribution in [-0.2, 0) is 16.6 Å². The average molecular weight is 494 g/mol. The second kappa shape index (κ2) is 11.0. The van der Waals surface area contributed by atoms with Gasteiger partial charge in [0.05, 0.1) is 18.0 Å². The van der Waals surface area contributed by atoms with E-state index in [1.807, 2.05) is 61.5 Å². The van der Waals surface area contributed by atoms with E-state index >= 15 is 0 Å². The predicted molar refractivity (Wildman–Crippen MR) is 136 cm³/mol. The summed E-state index contributed by atoms with van der Waals surface area (Å²) in [5.74, 6) is 0.654. The summed E-state index contributed by atoms with van der Waals surface area (Å²) >= 11 is 0. The van der Waals surface area contributed by atoms with Gasteiger partial charge < -0.3 is 10.1 Å². The molecular weight excluding hydrogens is 462 g/mol. The lowest BCUT2D eigenvalue weighted by Crippen LogP contribution is -2.48. The van der Waals surface area contributed by atoms with E-state index in [9.17, 15) is 13.2 Å². The van der Waals surface area contributed by atoms with E-state index in [0.717, 1.165) is 16.9 Å². The van der Waals surface area contributed by atoms with Crippen LogP contribution in [0.4, 0.5) is 0 Å². The van der Waals surface area contributed by atoms with Crippen LogP contribution in [0.2, 0.25) is 0 Å². The van der Waals surface area contributed by atoms with Crippen molar-refractivity contribution in [2.45, 2.75) is 24.4 Å². The predicted octanol–water partition coefficient (Wildman–Crippen LogP) is 3.69. The van der Waals surface area contributed by atoms with Gasteiger partial charge in [0.2, 0.25) is 10.0 Å². The Kier molecular flexibility index (Phi) is 7.85. The fraction of sp³-hybridized carbons (Fsp3) is 0.296. The molecule has 35 heavy (non-hydrogen) atoms. The van der Waals surface area contributed by atoms with E-state index in [2.05, 4.69) is 10.2 Å². The molecule has 0 bridgehead atoms. The van der Waals surface area contributed by atoms with Crippen LogP contribution in [0.25, 0.3) is 0 Å². The monoisotopic (exact) mass is 493 g/mol. The summed E-state index contributed by atoms with van der Waals surface area (Å²) < 4.78 is 32.4. The third-order valence-electron chi connectivity index (χ3n) is 6.30. The van der Waals surface area contributed by atoms with E-state index in [-0.39, 0.29) is 11.9 Å². The number of ether oxygens (including phenoxy) is 1. The van der Waals surface area contributed by atoms with Crippen molar-refractivity contribution in [3.8, 4) is 5.75 Å². The Labute approximate surface area is 207 Å². The number of methoxy groups -OCH3 is 1. The van der Waals surface area contributed by atoms with E-state index in [1.54, 1.807) is 35.7 Å². The van der Waals surface area contributed by atoms with Crippen molar-refractivity contribution in [1.82, 2.24) is 14.5 Å². The van der Waals surface area contributed by atoms with Crippen molar-refractivity contribution >= 4 is 15.9 Å². The van der Waals surface area contributed by atoms with E-state index < -0.39 is 10.0 Å². The van der Waals surface area contributed by atoms with Crippen LogP contribution in [0.3, 0.4) is 0 Å². The minimum Gasteiger partial charge on any atom is -0.497 e. The molecule has 3 aromatic carbocycles. The zero-order valence-electron chi connectivity index (χ0n) is 20.1. The highest BCUT2D eigenvalue weighted by Crippen LogP contribution is 2.20. The molecule has 0 aromatic heterocycles. The largest absolute Gasteiger partial charge is 0.497 e. The maximum Gasteiger partial charge on any atom is 0.251 e.